The number of rotatable bonds is 4. The minimum Gasteiger partial charge on any atom is -0.478 e. The molecular weight excluding hydrogens is 271 g/mol. The van der Waals surface area contributed by atoms with Gasteiger partial charge in [0.2, 0.25) is 0 Å². The van der Waals surface area contributed by atoms with Crippen molar-refractivity contribution in [2.75, 3.05) is 24.6 Å². The van der Waals surface area contributed by atoms with Gasteiger partial charge in [-0.3, -0.25) is 10.1 Å². The summed E-state index contributed by atoms with van der Waals surface area (Å²) in [5.41, 5.74) is -0.992. The number of aromatic carboxylic acids is 1. The molecule has 8 heteroatoms. The van der Waals surface area contributed by atoms with Gasteiger partial charge in [0.15, 0.2) is 0 Å². The van der Waals surface area contributed by atoms with Crippen molar-refractivity contribution in [1.29, 1.82) is 0 Å². The molecule has 2 N–H and O–H groups in total. The molecule has 1 aromatic rings. The number of carboxylic acids is 1. The average Bonchev–Trinajstić information content (AvgIpc) is 2.86. The fourth-order valence-electron chi connectivity index (χ4n) is 2.32. The third-order valence-electron chi connectivity index (χ3n) is 3.38. The normalized spacial score (nSPS) is 18.3. The van der Waals surface area contributed by atoms with E-state index in [1.165, 1.54) is 0 Å². The summed E-state index contributed by atoms with van der Waals surface area (Å²) in [6, 6.07) is 1.61. The average molecular weight is 284 g/mol. The minimum absolute atomic E-state index is 0.0204. The van der Waals surface area contributed by atoms with Crippen molar-refractivity contribution in [3.05, 3.63) is 33.6 Å². The number of benzene rings is 1. The van der Waals surface area contributed by atoms with Gasteiger partial charge >= 0.3 is 5.97 Å². The lowest BCUT2D eigenvalue weighted by Gasteiger charge is -2.19. The van der Waals surface area contributed by atoms with Crippen LogP contribution in [-0.4, -0.2) is 40.8 Å². The predicted molar refractivity (Wildman–Crippen MR) is 67.4 cm³/mol. The van der Waals surface area contributed by atoms with Gasteiger partial charge in [0, 0.05) is 25.6 Å². The van der Waals surface area contributed by atoms with Crippen molar-refractivity contribution in [3.8, 4) is 0 Å². The van der Waals surface area contributed by atoms with Gasteiger partial charge in [0.25, 0.3) is 5.69 Å². The quantitative estimate of drug-likeness (QED) is 0.637. The standard InChI is InChI=1S/C12H13FN2O5/c13-9-4-11(15(19)20)10(3-8(9)12(17)18)14-2-1-7(5-14)6-16/h3-4,7,16H,1-2,5-6H2,(H,17,18). The molecule has 0 radical (unpaired) electrons. The van der Waals surface area contributed by atoms with Crippen LogP contribution in [0, 0.1) is 21.8 Å². The first kappa shape index (κ1) is 14.2. The Morgan fingerprint density at radius 3 is 2.75 bits per heavy atom. The van der Waals surface area contributed by atoms with Crippen molar-refractivity contribution in [2.45, 2.75) is 6.42 Å². The maximum absolute atomic E-state index is 13.5. The molecule has 20 heavy (non-hydrogen) atoms. The molecule has 1 aromatic carbocycles. The molecule has 1 heterocycles. The molecule has 1 unspecified atom stereocenters. The topological polar surface area (TPSA) is 104 Å². The molecule has 1 fully saturated rings. The number of hydrogen-bond donors (Lipinski definition) is 2. The number of halogens is 1. The number of aliphatic hydroxyl groups is 1. The summed E-state index contributed by atoms with van der Waals surface area (Å²) in [6.07, 6.45) is 0.646. The Kier molecular flexibility index (Phi) is 3.84. The summed E-state index contributed by atoms with van der Waals surface area (Å²) in [7, 11) is 0. The molecule has 1 aliphatic heterocycles. The van der Waals surface area contributed by atoms with Crippen LogP contribution in [0.25, 0.3) is 0 Å². The van der Waals surface area contributed by atoms with Crippen LogP contribution < -0.4 is 4.90 Å². The van der Waals surface area contributed by atoms with Gasteiger partial charge < -0.3 is 15.1 Å². The van der Waals surface area contributed by atoms with E-state index in [0.717, 1.165) is 6.07 Å². The molecule has 0 bridgehead atoms. The Bertz CT molecular complexity index is 563. The number of carbonyl (C=O) groups is 1. The van der Waals surface area contributed by atoms with Crippen LogP contribution in [0.3, 0.4) is 0 Å². The first-order valence-electron chi connectivity index (χ1n) is 6.01. The van der Waals surface area contributed by atoms with Crippen LogP contribution in [0.1, 0.15) is 16.8 Å². The van der Waals surface area contributed by atoms with E-state index < -0.39 is 28.0 Å². The first-order valence-corrected chi connectivity index (χ1v) is 6.01. The molecule has 0 amide bonds. The fraction of sp³-hybridized carbons (Fsp3) is 0.417. The lowest BCUT2D eigenvalue weighted by molar-refractivity contribution is -0.384. The number of nitrogens with zero attached hydrogens (tertiary/aromatic N) is 2. The number of aliphatic hydroxyl groups excluding tert-OH is 1. The zero-order chi connectivity index (χ0) is 14.9. The van der Waals surface area contributed by atoms with Crippen LogP contribution in [0.5, 0.6) is 0 Å². The van der Waals surface area contributed by atoms with Crippen molar-refractivity contribution >= 4 is 17.3 Å². The van der Waals surface area contributed by atoms with Crippen molar-refractivity contribution < 1.29 is 24.3 Å². The van der Waals surface area contributed by atoms with Gasteiger partial charge in [-0.2, -0.15) is 0 Å². The van der Waals surface area contributed by atoms with E-state index in [4.69, 9.17) is 10.2 Å². The second-order valence-electron chi connectivity index (χ2n) is 4.67. The van der Waals surface area contributed by atoms with Crippen LogP contribution in [0.15, 0.2) is 12.1 Å². The molecule has 1 saturated heterocycles. The van der Waals surface area contributed by atoms with Crippen molar-refractivity contribution in [2.24, 2.45) is 5.92 Å². The van der Waals surface area contributed by atoms with Crippen LogP contribution >= 0.6 is 0 Å². The highest BCUT2D eigenvalue weighted by molar-refractivity contribution is 5.90. The molecule has 0 aliphatic carbocycles. The summed E-state index contributed by atoms with van der Waals surface area (Å²) in [4.78, 5) is 22.8. The maximum Gasteiger partial charge on any atom is 0.338 e. The molecule has 0 saturated carbocycles. The Hall–Kier alpha value is -2.22. The zero-order valence-corrected chi connectivity index (χ0v) is 10.5. The number of anilines is 1. The number of nitro benzene ring substituents is 1. The van der Waals surface area contributed by atoms with E-state index in [0.29, 0.717) is 25.6 Å². The molecule has 0 spiro atoms. The molecular formula is C12H13FN2O5. The molecule has 1 atom stereocenters. The highest BCUT2D eigenvalue weighted by atomic mass is 19.1. The monoisotopic (exact) mass is 284 g/mol. The summed E-state index contributed by atoms with van der Waals surface area (Å²) >= 11 is 0. The molecule has 7 nitrogen and oxygen atoms in total. The molecule has 0 aromatic heterocycles. The first-order chi connectivity index (χ1) is 9.43. The lowest BCUT2D eigenvalue weighted by atomic mass is 10.1. The second-order valence-corrected chi connectivity index (χ2v) is 4.67. The van der Waals surface area contributed by atoms with E-state index >= 15 is 0 Å². The molecule has 2 rings (SSSR count). The van der Waals surface area contributed by atoms with Gasteiger partial charge in [-0.05, 0) is 12.5 Å². The summed E-state index contributed by atoms with van der Waals surface area (Å²) in [6.45, 7) is 0.788. The Balaban J connectivity index is 2.46. The van der Waals surface area contributed by atoms with E-state index in [9.17, 15) is 19.3 Å². The van der Waals surface area contributed by atoms with Gasteiger partial charge in [-0.1, -0.05) is 0 Å². The largest absolute Gasteiger partial charge is 0.478 e. The summed E-state index contributed by atoms with van der Waals surface area (Å²) in [5, 5.41) is 29.0. The minimum atomic E-state index is -1.48. The molecule has 1 aliphatic rings. The lowest BCUT2D eigenvalue weighted by Crippen LogP contribution is -2.22. The van der Waals surface area contributed by atoms with Gasteiger partial charge in [-0.15, -0.1) is 0 Å². The highest BCUT2D eigenvalue weighted by Gasteiger charge is 2.29. The number of hydrogen-bond acceptors (Lipinski definition) is 5. The highest BCUT2D eigenvalue weighted by Crippen LogP contribution is 2.34. The van der Waals surface area contributed by atoms with E-state index in [1.807, 2.05) is 0 Å². The Labute approximate surface area is 113 Å². The third-order valence-corrected chi connectivity index (χ3v) is 3.38. The van der Waals surface area contributed by atoms with E-state index in [-0.39, 0.29) is 18.2 Å². The summed E-state index contributed by atoms with van der Waals surface area (Å²) < 4.78 is 13.5. The number of carboxylic acid groups (broad SMARTS) is 1. The second kappa shape index (κ2) is 5.41. The van der Waals surface area contributed by atoms with Gasteiger partial charge in [0.05, 0.1) is 16.6 Å². The van der Waals surface area contributed by atoms with Gasteiger partial charge in [-0.25, -0.2) is 9.18 Å². The van der Waals surface area contributed by atoms with Crippen LogP contribution in [-0.2, 0) is 0 Å². The SMILES string of the molecule is O=C(O)c1cc(N2CCC(CO)C2)c([N+](=O)[O-])cc1F. The zero-order valence-electron chi connectivity index (χ0n) is 10.5. The van der Waals surface area contributed by atoms with Crippen LogP contribution in [0.4, 0.5) is 15.8 Å². The predicted octanol–water partition coefficient (Wildman–Crippen LogP) is 1.25. The summed E-state index contributed by atoms with van der Waals surface area (Å²) in [5.74, 6) is -2.63. The third kappa shape index (κ3) is 2.55. The fourth-order valence-corrected chi connectivity index (χ4v) is 2.32. The smallest absolute Gasteiger partial charge is 0.338 e. The van der Waals surface area contributed by atoms with Crippen molar-refractivity contribution in [3.63, 3.8) is 0 Å². The van der Waals surface area contributed by atoms with Gasteiger partial charge in [0.1, 0.15) is 11.5 Å². The van der Waals surface area contributed by atoms with E-state index in [1.54, 1.807) is 4.90 Å². The van der Waals surface area contributed by atoms with Crippen molar-refractivity contribution in [1.82, 2.24) is 0 Å². The Morgan fingerprint density at radius 1 is 1.55 bits per heavy atom. The Morgan fingerprint density at radius 2 is 2.25 bits per heavy atom. The van der Waals surface area contributed by atoms with Crippen LogP contribution in [0.2, 0.25) is 0 Å². The maximum atomic E-state index is 13.5. The van der Waals surface area contributed by atoms with E-state index in [2.05, 4.69) is 0 Å². The molecule has 108 valence electrons. The number of nitro groups is 1.